The van der Waals surface area contributed by atoms with Crippen LogP contribution in [-0.4, -0.2) is 35.5 Å². The van der Waals surface area contributed by atoms with Crippen LogP contribution in [0.4, 0.5) is 0 Å². The number of carbonyl (C=O) groups excluding carboxylic acids is 1. The first-order valence-corrected chi connectivity index (χ1v) is 6.62. The van der Waals surface area contributed by atoms with E-state index >= 15 is 0 Å². The van der Waals surface area contributed by atoms with Crippen molar-refractivity contribution in [2.75, 3.05) is 19.8 Å². The quantitative estimate of drug-likeness (QED) is 0.596. The summed E-state index contributed by atoms with van der Waals surface area (Å²) in [6.07, 6.45) is 0. The molecule has 0 radical (unpaired) electrons. The number of esters is 1. The SMILES string of the molecule is CCOCCOC(=O)Cn1c(=O)oc2cc(CO)ccc21. The van der Waals surface area contributed by atoms with Gasteiger partial charge in [0, 0.05) is 6.61 Å². The summed E-state index contributed by atoms with van der Waals surface area (Å²) in [4.78, 5) is 23.4. The fourth-order valence-corrected chi connectivity index (χ4v) is 1.89. The van der Waals surface area contributed by atoms with Crippen LogP contribution in [0.1, 0.15) is 12.5 Å². The molecular weight excluding hydrogens is 278 g/mol. The molecule has 114 valence electrons. The third-order valence-electron chi connectivity index (χ3n) is 2.90. The Labute approximate surface area is 120 Å². The van der Waals surface area contributed by atoms with E-state index in [9.17, 15) is 9.59 Å². The van der Waals surface area contributed by atoms with Gasteiger partial charge >= 0.3 is 11.7 Å². The number of nitrogens with zero attached hydrogens (tertiary/aromatic N) is 1. The van der Waals surface area contributed by atoms with E-state index in [0.717, 1.165) is 0 Å². The summed E-state index contributed by atoms with van der Waals surface area (Å²) in [5.41, 5.74) is 1.44. The lowest BCUT2D eigenvalue weighted by molar-refractivity contribution is -0.145. The van der Waals surface area contributed by atoms with Crippen molar-refractivity contribution in [3.63, 3.8) is 0 Å². The summed E-state index contributed by atoms with van der Waals surface area (Å²) in [6, 6.07) is 4.85. The van der Waals surface area contributed by atoms with Gasteiger partial charge in [-0.3, -0.25) is 9.36 Å². The Morgan fingerprint density at radius 2 is 2.19 bits per heavy atom. The van der Waals surface area contributed by atoms with E-state index < -0.39 is 11.7 Å². The second-order valence-corrected chi connectivity index (χ2v) is 4.33. The molecule has 1 aromatic heterocycles. The van der Waals surface area contributed by atoms with Crippen LogP contribution in [0.15, 0.2) is 27.4 Å². The predicted octanol–water partition coefficient (Wildman–Crippen LogP) is 0.666. The molecule has 7 heteroatoms. The summed E-state index contributed by atoms with van der Waals surface area (Å²) in [6.45, 7) is 2.49. The number of hydrogen-bond donors (Lipinski definition) is 1. The summed E-state index contributed by atoms with van der Waals surface area (Å²) in [5.74, 6) is -1.17. The van der Waals surface area contributed by atoms with Crippen molar-refractivity contribution in [2.45, 2.75) is 20.1 Å². The Hall–Kier alpha value is -2.12. The standard InChI is InChI=1S/C14H17NO6/c1-2-19-5-6-20-13(17)8-15-11-4-3-10(9-16)7-12(11)21-14(15)18/h3-4,7,16H,2,5-6,8-9H2,1H3. The third kappa shape index (κ3) is 3.71. The molecule has 2 rings (SSSR count). The van der Waals surface area contributed by atoms with Crippen molar-refractivity contribution in [1.82, 2.24) is 4.57 Å². The highest BCUT2D eigenvalue weighted by Crippen LogP contribution is 2.15. The number of rotatable bonds is 7. The van der Waals surface area contributed by atoms with Crippen molar-refractivity contribution in [3.05, 3.63) is 34.3 Å². The highest BCUT2D eigenvalue weighted by molar-refractivity contribution is 5.77. The lowest BCUT2D eigenvalue weighted by atomic mass is 10.2. The summed E-state index contributed by atoms with van der Waals surface area (Å²) in [7, 11) is 0. The Balaban J connectivity index is 2.09. The van der Waals surface area contributed by atoms with Gasteiger partial charge in [-0.2, -0.15) is 0 Å². The zero-order chi connectivity index (χ0) is 15.2. The first-order valence-electron chi connectivity index (χ1n) is 6.62. The predicted molar refractivity (Wildman–Crippen MR) is 73.8 cm³/mol. The molecule has 21 heavy (non-hydrogen) atoms. The fourth-order valence-electron chi connectivity index (χ4n) is 1.89. The van der Waals surface area contributed by atoms with E-state index in [0.29, 0.717) is 29.9 Å². The van der Waals surface area contributed by atoms with Gasteiger partial charge < -0.3 is 19.0 Å². The third-order valence-corrected chi connectivity index (χ3v) is 2.90. The Morgan fingerprint density at radius 3 is 2.90 bits per heavy atom. The molecule has 0 aliphatic rings. The number of aliphatic hydroxyl groups is 1. The smallest absolute Gasteiger partial charge is 0.420 e. The van der Waals surface area contributed by atoms with Crippen LogP contribution in [0, 0.1) is 0 Å². The largest absolute Gasteiger partial charge is 0.462 e. The Kier molecular flexibility index (Phi) is 5.13. The summed E-state index contributed by atoms with van der Waals surface area (Å²) in [5, 5.41) is 9.05. The molecular formula is C14H17NO6. The number of aromatic nitrogens is 1. The molecule has 1 aromatic carbocycles. The molecule has 0 atom stereocenters. The molecule has 0 bridgehead atoms. The lowest BCUT2D eigenvalue weighted by Gasteiger charge is -2.05. The molecule has 0 fully saturated rings. The van der Waals surface area contributed by atoms with Crippen LogP contribution in [0.5, 0.6) is 0 Å². The lowest BCUT2D eigenvalue weighted by Crippen LogP contribution is -2.22. The topological polar surface area (TPSA) is 90.9 Å². The Morgan fingerprint density at radius 1 is 1.38 bits per heavy atom. The van der Waals surface area contributed by atoms with Crippen molar-refractivity contribution >= 4 is 17.1 Å². The van der Waals surface area contributed by atoms with Gasteiger partial charge in [0.25, 0.3) is 0 Å². The summed E-state index contributed by atoms with van der Waals surface area (Å²) >= 11 is 0. The number of oxazole rings is 1. The molecule has 2 aromatic rings. The number of carbonyl (C=O) groups is 1. The van der Waals surface area contributed by atoms with Crippen molar-refractivity contribution < 1.29 is 23.8 Å². The maximum absolute atomic E-state index is 11.8. The van der Waals surface area contributed by atoms with Crippen LogP contribution < -0.4 is 5.76 Å². The minimum absolute atomic E-state index is 0.145. The van der Waals surface area contributed by atoms with E-state index in [1.54, 1.807) is 18.2 Å². The molecule has 0 unspecified atom stereocenters. The molecule has 1 heterocycles. The van der Waals surface area contributed by atoms with Crippen molar-refractivity contribution in [1.29, 1.82) is 0 Å². The van der Waals surface area contributed by atoms with Gasteiger partial charge in [-0.1, -0.05) is 6.07 Å². The van der Waals surface area contributed by atoms with E-state index in [1.165, 1.54) is 4.57 Å². The first-order chi connectivity index (χ1) is 10.2. The monoisotopic (exact) mass is 295 g/mol. The highest BCUT2D eigenvalue weighted by Gasteiger charge is 2.13. The first kappa shape index (κ1) is 15.3. The molecule has 0 spiro atoms. The highest BCUT2D eigenvalue weighted by atomic mass is 16.6. The van der Waals surface area contributed by atoms with Crippen LogP contribution >= 0.6 is 0 Å². The molecule has 0 aliphatic carbocycles. The Bertz CT molecular complexity index is 672. The van der Waals surface area contributed by atoms with Gasteiger partial charge in [-0.25, -0.2) is 4.79 Å². The van der Waals surface area contributed by atoms with Gasteiger partial charge in [0.1, 0.15) is 13.2 Å². The van der Waals surface area contributed by atoms with Crippen LogP contribution in [-0.2, 0) is 27.4 Å². The zero-order valence-corrected chi connectivity index (χ0v) is 11.7. The number of aliphatic hydroxyl groups excluding tert-OH is 1. The fraction of sp³-hybridized carbons (Fsp3) is 0.429. The average molecular weight is 295 g/mol. The molecule has 1 N–H and O–H groups in total. The number of benzene rings is 1. The van der Waals surface area contributed by atoms with Gasteiger partial charge in [0.15, 0.2) is 5.58 Å². The van der Waals surface area contributed by atoms with E-state index in [2.05, 4.69) is 0 Å². The van der Waals surface area contributed by atoms with Crippen LogP contribution in [0.2, 0.25) is 0 Å². The minimum atomic E-state index is -0.637. The molecule has 0 saturated heterocycles. The summed E-state index contributed by atoms with van der Waals surface area (Å²) < 4.78 is 16.3. The second kappa shape index (κ2) is 7.05. The second-order valence-electron chi connectivity index (χ2n) is 4.33. The van der Waals surface area contributed by atoms with Crippen molar-refractivity contribution in [2.24, 2.45) is 0 Å². The van der Waals surface area contributed by atoms with Gasteiger partial charge in [0.05, 0.1) is 18.7 Å². The molecule has 0 saturated carbocycles. The van der Waals surface area contributed by atoms with Gasteiger partial charge in [-0.05, 0) is 24.6 Å². The molecule has 0 amide bonds. The maximum atomic E-state index is 11.8. The molecule has 0 aliphatic heterocycles. The van der Waals surface area contributed by atoms with Crippen molar-refractivity contribution in [3.8, 4) is 0 Å². The molecule has 7 nitrogen and oxygen atoms in total. The van der Waals surface area contributed by atoms with E-state index in [-0.39, 0.29) is 19.8 Å². The number of ether oxygens (including phenoxy) is 2. The van der Waals surface area contributed by atoms with Gasteiger partial charge in [-0.15, -0.1) is 0 Å². The van der Waals surface area contributed by atoms with E-state index in [4.69, 9.17) is 19.0 Å². The zero-order valence-electron chi connectivity index (χ0n) is 11.7. The maximum Gasteiger partial charge on any atom is 0.420 e. The van der Waals surface area contributed by atoms with E-state index in [1.807, 2.05) is 6.92 Å². The normalized spacial score (nSPS) is 11.0. The van der Waals surface area contributed by atoms with Crippen LogP contribution in [0.3, 0.4) is 0 Å². The number of hydrogen-bond acceptors (Lipinski definition) is 6. The average Bonchev–Trinajstić information content (AvgIpc) is 2.79. The number of fused-ring (bicyclic) bond motifs is 1. The van der Waals surface area contributed by atoms with Crippen LogP contribution in [0.25, 0.3) is 11.1 Å². The minimum Gasteiger partial charge on any atom is -0.462 e. The van der Waals surface area contributed by atoms with Gasteiger partial charge in [0.2, 0.25) is 0 Å².